The van der Waals surface area contributed by atoms with Crippen LogP contribution in [0.2, 0.25) is 0 Å². The van der Waals surface area contributed by atoms with Crippen molar-refractivity contribution >= 4 is 17.5 Å². The number of nitrogens with one attached hydrogen (secondary N) is 2. The predicted molar refractivity (Wildman–Crippen MR) is 81.2 cm³/mol. The lowest BCUT2D eigenvalue weighted by molar-refractivity contribution is 0.0943. The summed E-state index contributed by atoms with van der Waals surface area (Å²) >= 11 is 0. The molecule has 114 valence electrons. The number of benzene rings is 1. The summed E-state index contributed by atoms with van der Waals surface area (Å²) in [5.41, 5.74) is 0.748. The molecule has 0 radical (unpaired) electrons. The van der Waals surface area contributed by atoms with Crippen LogP contribution in [0.3, 0.4) is 0 Å². The molecule has 0 aliphatic heterocycles. The summed E-state index contributed by atoms with van der Waals surface area (Å²) in [7, 11) is 0. The molecule has 0 atom stereocenters. The van der Waals surface area contributed by atoms with E-state index in [0.29, 0.717) is 11.3 Å². The van der Waals surface area contributed by atoms with Gasteiger partial charge in [-0.15, -0.1) is 0 Å². The molecule has 0 bridgehead atoms. The summed E-state index contributed by atoms with van der Waals surface area (Å²) in [6.45, 7) is 3.69. The van der Waals surface area contributed by atoms with Gasteiger partial charge in [-0.3, -0.25) is 14.6 Å². The Labute approximate surface area is 127 Å². The summed E-state index contributed by atoms with van der Waals surface area (Å²) in [5, 5.41) is 5.27. The second-order valence-corrected chi connectivity index (χ2v) is 5.02. The maximum atomic E-state index is 13.1. The number of aromatic nitrogens is 1. The molecule has 22 heavy (non-hydrogen) atoms. The zero-order valence-corrected chi connectivity index (χ0v) is 12.3. The molecule has 2 aromatic rings. The Morgan fingerprint density at radius 1 is 1.14 bits per heavy atom. The van der Waals surface area contributed by atoms with Crippen molar-refractivity contribution in [3.8, 4) is 0 Å². The maximum absolute atomic E-state index is 13.1. The molecule has 0 fully saturated rings. The number of anilines is 1. The number of rotatable bonds is 4. The summed E-state index contributed by atoms with van der Waals surface area (Å²) in [6, 6.07) is 8.45. The van der Waals surface area contributed by atoms with Gasteiger partial charge in [0.1, 0.15) is 11.5 Å². The Bertz CT molecular complexity index is 701. The lowest BCUT2D eigenvalue weighted by Crippen LogP contribution is -2.30. The molecule has 2 amide bonds. The van der Waals surface area contributed by atoms with Crippen LogP contribution in [0.4, 0.5) is 10.1 Å². The molecule has 1 aromatic heterocycles. The topological polar surface area (TPSA) is 71.1 Å². The molecule has 1 aromatic carbocycles. The highest BCUT2D eigenvalue weighted by Gasteiger charge is 2.12. The first-order chi connectivity index (χ1) is 10.5. The number of halogens is 1. The van der Waals surface area contributed by atoms with E-state index in [2.05, 4.69) is 15.6 Å². The standard InChI is InChI=1S/C16H16FN3O2/c1-10(2)19-15(21)11-6-7-18-14(8-11)16(22)20-13-5-3-4-12(17)9-13/h3-10H,1-2H3,(H,19,21)(H,20,22). The van der Waals surface area contributed by atoms with E-state index in [1.54, 1.807) is 6.07 Å². The van der Waals surface area contributed by atoms with Gasteiger partial charge in [0.2, 0.25) is 0 Å². The highest BCUT2D eigenvalue weighted by Crippen LogP contribution is 2.11. The van der Waals surface area contributed by atoms with Gasteiger partial charge in [0.15, 0.2) is 0 Å². The van der Waals surface area contributed by atoms with E-state index in [1.165, 1.54) is 36.5 Å². The molecule has 2 rings (SSSR count). The van der Waals surface area contributed by atoms with Crippen LogP contribution in [0.1, 0.15) is 34.7 Å². The van der Waals surface area contributed by atoms with E-state index in [9.17, 15) is 14.0 Å². The van der Waals surface area contributed by atoms with Crippen molar-refractivity contribution in [2.24, 2.45) is 0 Å². The Morgan fingerprint density at radius 3 is 2.59 bits per heavy atom. The van der Waals surface area contributed by atoms with Gasteiger partial charge in [-0.05, 0) is 44.2 Å². The number of carbonyl (C=O) groups excluding carboxylic acids is 2. The van der Waals surface area contributed by atoms with Crippen LogP contribution in [-0.2, 0) is 0 Å². The van der Waals surface area contributed by atoms with E-state index < -0.39 is 11.7 Å². The first kappa shape index (κ1) is 15.6. The van der Waals surface area contributed by atoms with Crippen molar-refractivity contribution in [1.82, 2.24) is 10.3 Å². The second-order valence-electron chi connectivity index (χ2n) is 5.02. The third kappa shape index (κ3) is 4.12. The van der Waals surface area contributed by atoms with Gasteiger partial charge in [0.25, 0.3) is 11.8 Å². The van der Waals surface area contributed by atoms with Crippen LogP contribution in [0.5, 0.6) is 0 Å². The van der Waals surface area contributed by atoms with Gasteiger partial charge in [-0.2, -0.15) is 0 Å². The lowest BCUT2D eigenvalue weighted by atomic mass is 10.2. The normalized spacial score (nSPS) is 10.4. The SMILES string of the molecule is CC(C)NC(=O)c1ccnc(C(=O)Nc2cccc(F)c2)c1. The number of hydrogen-bond acceptors (Lipinski definition) is 3. The van der Waals surface area contributed by atoms with Crippen LogP contribution in [0.25, 0.3) is 0 Å². The summed E-state index contributed by atoms with van der Waals surface area (Å²) in [4.78, 5) is 27.9. The Balaban J connectivity index is 2.15. The van der Waals surface area contributed by atoms with E-state index in [0.717, 1.165) is 0 Å². The van der Waals surface area contributed by atoms with E-state index in [4.69, 9.17) is 0 Å². The minimum absolute atomic E-state index is 0.00904. The highest BCUT2D eigenvalue weighted by atomic mass is 19.1. The largest absolute Gasteiger partial charge is 0.350 e. The second kappa shape index (κ2) is 6.80. The van der Waals surface area contributed by atoms with E-state index in [-0.39, 0.29) is 17.6 Å². The lowest BCUT2D eigenvalue weighted by Gasteiger charge is -2.09. The Kier molecular flexibility index (Phi) is 4.83. The third-order valence-corrected chi connectivity index (χ3v) is 2.76. The highest BCUT2D eigenvalue weighted by molar-refractivity contribution is 6.04. The molecular formula is C16H16FN3O2. The average molecular weight is 301 g/mol. The molecular weight excluding hydrogens is 285 g/mol. The van der Waals surface area contributed by atoms with Crippen LogP contribution in [-0.4, -0.2) is 22.8 Å². The monoisotopic (exact) mass is 301 g/mol. The van der Waals surface area contributed by atoms with Crippen LogP contribution >= 0.6 is 0 Å². The Hall–Kier alpha value is -2.76. The minimum Gasteiger partial charge on any atom is -0.350 e. The fraction of sp³-hybridized carbons (Fsp3) is 0.188. The van der Waals surface area contributed by atoms with Crippen molar-refractivity contribution in [3.05, 3.63) is 59.7 Å². The van der Waals surface area contributed by atoms with Crippen molar-refractivity contribution < 1.29 is 14.0 Å². The molecule has 0 spiro atoms. The summed E-state index contributed by atoms with van der Waals surface area (Å²) < 4.78 is 13.1. The molecule has 2 N–H and O–H groups in total. The first-order valence-electron chi connectivity index (χ1n) is 6.79. The zero-order chi connectivity index (χ0) is 16.1. The number of amides is 2. The van der Waals surface area contributed by atoms with Crippen molar-refractivity contribution in [2.45, 2.75) is 19.9 Å². The first-order valence-corrected chi connectivity index (χ1v) is 6.79. The van der Waals surface area contributed by atoms with Crippen LogP contribution < -0.4 is 10.6 Å². The van der Waals surface area contributed by atoms with Gasteiger partial charge in [-0.1, -0.05) is 6.07 Å². The van der Waals surface area contributed by atoms with Crippen LogP contribution in [0.15, 0.2) is 42.6 Å². The molecule has 0 aliphatic carbocycles. The number of pyridine rings is 1. The molecule has 0 saturated heterocycles. The molecule has 6 heteroatoms. The molecule has 0 unspecified atom stereocenters. The van der Waals surface area contributed by atoms with Gasteiger partial charge in [-0.25, -0.2) is 4.39 Å². The van der Waals surface area contributed by atoms with Crippen molar-refractivity contribution in [2.75, 3.05) is 5.32 Å². The number of hydrogen-bond donors (Lipinski definition) is 2. The fourth-order valence-corrected chi connectivity index (χ4v) is 1.80. The molecule has 1 heterocycles. The summed E-state index contributed by atoms with van der Waals surface area (Å²) in [5.74, 6) is -1.24. The quantitative estimate of drug-likeness (QED) is 0.912. The maximum Gasteiger partial charge on any atom is 0.274 e. The van der Waals surface area contributed by atoms with Gasteiger partial charge in [0.05, 0.1) is 0 Å². The predicted octanol–water partition coefficient (Wildman–Crippen LogP) is 2.61. The fourth-order valence-electron chi connectivity index (χ4n) is 1.80. The molecule has 5 nitrogen and oxygen atoms in total. The van der Waals surface area contributed by atoms with Gasteiger partial charge in [0, 0.05) is 23.5 Å². The van der Waals surface area contributed by atoms with Crippen molar-refractivity contribution in [3.63, 3.8) is 0 Å². The van der Waals surface area contributed by atoms with Gasteiger partial charge >= 0.3 is 0 Å². The van der Waals surface area contributed by atoms with Crippen LogP contribution in [0, 0.1) is 5.82 Å². The van der Waals surface area contributed by atoms with Gasteiger partial charge < -0.3 is 10.6 Å². The molecule has 0 saturated carbocycles. The summed E-state index contributed by atoms with van der Waals surface area (Å²) in [6.07, 6.45) is 1.38. The smallest absolute Gasteiger partial charge is 0.274 e. The third-order valence-electron chi connectivity index (χ3n) is 2.76. The van der Waals surface area contributed by atoms with Crippen molar-refractivity contribution in [1.29, 1.82) is 0 Å². The van der Waals surface area contributed by atoms with E-state index in [1.807, 2.05) is 13.8 Å². The number of nitrogens with zero attached hydrogens (tertiary/aromatic N) is 1. The number of carbonyl (C=O) groups is 2. The van der Waals surface area contributed by atoms with E-state index >= 15 is 0 Å². The molecule has 0 aliphatic rings. The minimum atomic E-state index is -0.509. The zero-order valence-electron chi connectivity index (χ0n) is 12.3. The average Bonchev–Trinajstić information content (AvgIpc) is 2.46. The Morgan fingerprint density at radius 2 is 1.91 bits per heavy atom.